The Morgan fingerprint density at radius 1 is 0.857 bits per heavy atom. The number of anilines is 1. The third kappa shape index (κ3) is 5.53. The molecule has 0 saturated heterocycles. The van der Waals surface area contributed by atoms with Crippen LogP contribution in [0.25, 0.3) is 0 Å². The molecule has 0 spiro atoms. The molecule has 5 heteroatoms. The molecule has 0 heterocycles. The Balaban J connectivity index is 1.57. The van der Waals surface area contributed by atoms with Crippen molar-refractivity contribution >= 4 is 17.6 Å². The standard InChI is InChI=1S/C23H22N2O3/c24-21(14-17-8-3-1-4-9-17)22(26)25-20-13-7-12-19(15-20)23(27)28-16-18-10-5-2-6-11-18/h1-13,15,21H,14,16,24H2,(H,25,26)/t21-/m0/s1. The summed E-state index contributed by atoms with van der Waals surface area (Å²) in [4.78, 5) is 24.6. The number of nitrogens with two attached hydrogens (primary N) is 1. The van der Waals surface area contributed by atoms with E-state index in [1.807, 2.05) is 60.7 Å². The maximum atomic E-state index is 12.4. The van der Waals surface area contributed by atoms with E-state index in [-0.39, 0.29) is 12.5 Å². The quantitative estimate of drug-likeness (QED) is 0.620. The molecule has 0 aliphatic rings. The Bertz CT molecular complexity index is 927. The Morgan fingerprint density at radius 3 is 2.18 bits per heavy atom. The third-order valence-corrected chi connectivity index (χ3v) is 4.21. The predicted molar refractivity (Wildman–Crippen MR) is 109 cm³/mol. The van der Waals surface area contributed by atoms with Crippen LogP contribution in [0.15, 0.2) is 84.9 Å². The number of esters is 1. The van der Waals surface area contributed by atoms with Gasteiger partial charge < -0.3 is 15.8 Å². The lowest BCUT2D eigenvalue weighted by Crippen LogP contribution is -2.37. The molecular weight excluding hydrogens is 352 g/mol. The lowest BCUT2D eigenvalue weighted by Gasteiger charge is -2.13. The molecule has 142 valence electrons. The molecule has 5 nitrogen and oxygen atoms in total. The molecule has 0 saturated carbocycles. The number of ether oxygens (including phenoxy) is 1. The molecule has 0 fully saturated rings. The molecular formula is C23H22N2O3. The Kier molecular flexibility index (Phi) is 6.54. The van der Waals surface area contributed by atoms with E-state index in [1.165, 1.54) is 0 Å². The minimum absolute atomic E-state index is 0.193. The topological polar surface area (TPSA) is 81.4 Å². The van der Waals surface area contributed by atoms with Crippen LogP contribution in [0.1, 0.15) is 21.5 Å². The summed E-state index contributed by atoms with van der Waals surface area (Å²) in [5.41, 5.74) is 8.77. The summed E-state index contributed by atoms with van der Waals surface area (Å²) in [6, 6.07) is 25.0. The van der Waals surface area contributed by atoms with Crippen LogP contribution in [0.4, 0.5) is 5.69 Å². The van der Waals surface area contributed by atoms with Gasteiger partial charge in [0.15, 0.2) is 0 Å². The van der Waals surface area contributed by atoms with E-state index >= 15 is 0 Å². The van der Waals surface area contributed by atoms with Gasteiger partial charge in [-0.05, 0) is 35.7 Å². The second-order valence-corrected chi connectivity index (χ2v) is 6.43. The van der Waals surface area contributed by atoms with Gasteiger partial charge in [0.25, 0.3) is 0 Å². The monoisotopic (exact) mass is 374 g/mol. The van der Waals surface area contributed by atoms with Gasteiger partial charge in [-0.2, -0.15) is 0 Å². The smallest absolute Gasteiger partial charge is 0.338 e. The van der Waals surface area contributed by atoms with Crippen LogP contribution in [-0.4, -0.2) is 17.9 Å². The van der Waals surface area contributed by atoms with Crippen LogP contribution >= 0.6 is 0 Å². The number of rotatable bonds is 7. The molecule has 28 heavy (non-hydrogen) atoms. The highest BCUT2D eigenvalue weighted by Crippen LogP contribution is 2.14. The van der Waals surface area contributed by atoms with Gasteiger partial charge in [-0.25, -0.2) is 4.79 Å². The van der Waals surface area contributed by atoms with Crippen molar-refractivity contribution in [3.63, 3.8) is 0 Å². The molecule has 0 radical (unpaired) electrons. The Labute approximate surface area is 164 Å². The normalized spacial score (nSPS) is 11.5. The van der Waals surface area contributed by atoms with Gasteiger partial charge in [0.05, 0.1) is 11.6 Å². The average molecular weight is 374 g/mol. The van der Waals surface area contributed by atoms with Crippen molar-refractivity contribution in [1.82, 2.24) is 0 Å². The second kappa shape index (κ2) is 9.48. The number of carbonyl (C=O) groups excluding carboxylic acids is 2. The molecule has 1 amide bonds. The maximum Gasteiger partial charge on any atom is 0.338 e. The van der Waals surface area contributed by atoms with Crippen LogP contribution in [0, 0.1) is 0 Å². The lowest BCUT2D eigenvalue weighted by molar-refractivity contribution is -0.117. The van der Waals surface area contributed by atoms with Gasteiger partial charge in [0.1, 0.15) is 6.61 Å². The number of benzene rings is 3. The van der Waals surface area contributed by atoms with E-state index < -0.39 is 12.0 Å². The van der Waals surface area contributed by atoms with E-state index in [9.17, 15) is 9.59 Å². The molecule has 3 N–H and O–H groups in total. The molecule has 0 unspecified atom stereocenters. The zero-order valence-electron chi connectivity index (χ0n) is 15.4. The van der Waals surface area contributed by atoms with E-state index in [0.29, 0.717) is 17.7 Å². The first-order valence-electron chi connectivity index (χ1n) is 9.03. The van der Waals surface area contributed by atoms with Gasteiger partial charge in [0, 0.05) is 5.69 Å². The van der Waals surface area contributed by atoms with Crippen molar-refractivity contribution in [3.05, 3.63) is 102 Å². The van der Waals surface area contributed by atoms with Gasteiger partial charge >= 0.3 is 5.97 Å². The SMILES string of the molecule is N[C@@H](Cc1ccccc1)C(=O)Nc1cccc(C(=O)OCc2ccccc2)c1. The highest BCUT2D eigenvalue weighted by atomic mass is 16.5. The zero-order valence-corrected chi connectivity index (χ0v) is 15.4. The van der Waals surface area contributed by atoms with Gasteiger partial charge in [0.2, 0.25) is 5.91 Å². The van der Waals surface area contributed by atoms with E-state index in [1.54, 1.807) is 24.3 Å². The fourth-order valence-electron chi connectivity index (χ4n) is 2.73. The van der Waals surface area contributed by atoms with Crippen LogP contribution in [0.5, 0.6) is 0 Å². The van der Waals surface area contributed by atoms with E-state index in [4.69, 9.17) is 10.5 Å². The zero-order chi connectivity index (χ0) is 19.8. The van der Waals surface area contributed by atoms with Crippen molar-refractivity contribution in [2.45, 2.75) is 19.1 Å². The van der Waals surface area contributed by atoms with Crippen molar-refractivity contribution < 1.29 is 14.3 Å². The molecule has 1 atom stereocenters. The van der Waals surface area contributed by atoms with Gasteiger partial charge in [-0.3, -0.25) is 4.79 Å². The third-order valence-electron chi connectivity index (χ3n) is 4.21. The summed E-state index contributed by atoms with van der Waals surface area (Å²) >= 11 is 0. The molecule has 0 aliphatic carbocycles. The van der Waals surface area contributed by atoms with Crippen molar-refractivity contribution in [3.8, 4) is 0 Å². The van der Waals surface area contributed by atoms with E-state index in [2.05, 4.69) is 5.32 Å². The van der Waals surface area contributed by atoms with Crippen LogP contribution < -0.4 is 11.1 Å². The summed E-state index contributed by atoms with van der Waals surface area (Å²) in [6.45, 7) is 0.193. The van der Waals surface area contributed by atoms with Gasteiger partial charge in [-0.1, -0.05) is 66.7 Å². The molecule has 0 aliphatic heterocycles. The number of nitrogens with one attached hydrogen (secondary N) is 1. The minimum Gasteiger partial charge on any atom is -0.457 e. The molecule has 0 bridgehead atoms. The summed E-state index contributed by atoms with van der Waals surface area (Å²) in [5.74, 6) is -0.757. The first-order valence-corrected chi connectivity index (χ1v) is 9.03. The first-order chi connectivity index (χ1) is 13.6. The van der Waals surface area contributed by atoms with Crippen LogP contribution in [0.3, 0.4) is 0 Å². The number of carbonyl (C=O) groups is 2. The minimum atomic E-state index is -0.684. The fourth-order valence-corrected chi connectivity index (χ4v) is 2.73. The number of hydrogen-bond acceptors (Lipinski definition) is 4. The summed E-state index contributed by atoms with van der Waals surface area (Å²) < 4.78 is 5.32. The number of amides is 1. The molecule has 0 aromatic heterocycles. The predicted octanol–water partition coefficient (Wildman–Crippen LogP) is 3.55. The highest BCUT2D eigenvalue weighted by molar-refractivity contribution is 5.97. The fraction of sp³-hybridized carbons (Fsp3) is 0.130. The summed E-state index contributed by atoms with van der Waals surface area (Å²) in [6.07, 6.45) is 0.436. The average Bonchev–Trinajstić information content (AvgIpc) is 2.73. The number of hydrogen-bond donors (Lipinski definition) is 2. The van der Waals surface area contributed by atoms with E-state index in [0.717, 1.165) is 11.1 Å². The molecule has 3 aromatic carbocycles. The van der Waals surface area contributed by atoms with Crippen molar-refractivity contribution in [2.75, 3.05) is 5.32 Å². The largest absolute Gasteiger partial charge is 0.457 e. The van der Waals surface area contributed by atoms with Crippen molar-refractivity contribution in [2.24, 2.45) is 5.73 Å². The van der Waals surface area contributed by atoms with Crippen LogP contribution in [-0.2, 0) is 22.6 Å². The Hall–Kier alpha value is -3.44. The second-order valence-electron chi connectivity index (χ2n) is 6.43. The van der Waals surface area contributed by atoms with Crippen molar-refractivity contribution in [1.29, 1.82) is 0 Å². The maximum absolute atomic E-state index is 12.4. The highest BCUT2D eigenvalue weighted by Gasteiger charge is 2.15. The first kappa shape index (κ1) is 19.3. The molecule has 3 rings (SSSR count). The summed E-state index contributed by atoms with van der Waals surface area (Å²) in [5, 5.41) is 2.76. The molecule has 3 aromatic rings. The summed E-state index contributed by atoms with van der Waals surface area (Å²) in [7, 11) is 0. The lowest BCUT2D eigenvalue weighted by atomic mass is 10.1. The van der Waals surface area contributed by atoms with Gasteiger partial charge in [-0.15, -0.1) is 0 Å². The Morgan fingerprint density at radius 2 is 1.50 bits per heavy atom. The van der Waals surface area contributed by atoms with Crippen LogP contribution in [0.2, 0.25) is 0 Å².